The number of nitrogens with zero attached hydrogens (tertiary/aromatic N) is 3. The van der Waals surface area contributed by atoms with Gasteiger partial charge in [-0.1, -0.05) is 43.1 Å². The monoisotopic (exact) mass is 553 g/mol. The highest BCUT2D eigenvalue weighted by atomic mass is 35.5. The second-order valence-electron chi connectivity index (χ2n) is 11.0. The van der Waals surface area contributed by atoms with Crippen molar-refractivity contribution in [2.75, 3.05) is 19.7 Å². The van der Waals surface area contributed by atoms with E-state index in [-0.39, 0.29) is 43.0 Å². The van der Waals surface area contributed by atoms with E-state index >= 15 is 8.78 Å². The third kappa shape index (κ3) is 4.89. The maximum atomic E-state index is 15.3. The molecule has 3 unspecified atom stereocenters. The molecule has 2 saturated heterocycles. The number of hydrogen-bond acceptors (Lipinski definition) is 4. The maximum Gasteiger partial charge on any atom is 0.248 e. The smallest absolute Gasteiger partial charge is 0.248 e. The van der Waals surface area contributed by atoms with Crippen molar-refractivity contribution in [3.05, 3.63) is 64.8 Å². The first-order valence-electron chi connectivity index (χ1n) is 13.5. The van der Waals surface area contributed by atoms with E-state index < -0.39 is 17.2 Å². The van der Waals surface area contributed by atoms with Crippen LogP contribution in [0.4, 0.5) is 8.78 Å². The minimum absolute atomic E-state index is 0.0226. The molecule has 3 aliphatic rings. The Morgan fingerprint density at radius 2 is 1.95 bits per heavy atom. The Hall–Kier alpha value is -3.10. The standard InChI is InChI=1S/C30H30ClF2N3O3/c1-2-4-19-13-25(19)36-17-30(39-16-27(36)38)8-10-35(26(37)14-30)15-22-23(32)11-20(12-24(22)33)21-7-6-18-5-3-9-34-29(18)28(21)31/h3,5-7,9,11-12,19,25H,2,4,8,10,13-17H2,1H3. The number of amides is 2. The molecule has 0 radical (unpaired) electrons. The van der Waals surface area contributed by atoms with Crippen LogP contribution in [-0.4, -0.2) is 57.9 Å². The van der Waals surface area contributed by atoms with Gasteiger partial charge in [0.05, 0.1) is 35.7 Å². The van der Waals surface area contributed by atoms with Gasteiger partial charge in [0.2, 0.25) is 11.8 Å². The molecule has 3 atom stereocenters. The summed E-state index contributed by atoms with van der Waals surface area (Å²) in [5, 5.41) is 1.15. The third-order valence-corrected chi connectivity index (χ3v) is 8.79. The minimum atomic E-state index is -0.739. The average Bonchev–Trinajstić information content (AvgIpc) is 3.68. The van der Waals surface area contributed by atoms with Gasteiger partial charge in [0, 0.05) is 35.3 Å². The lowest BCUT2D eigenvalue weighted by atomic mass is 9.88. The molecule has 0 N–H and O–H groups in total. The lowest BCUT2D eigenvalue weighted by molar-refractivity contribution is -0.179. The highest BCUT2D eigenvalue weighted by Gasteiger charge is 2.51. The Balaban J connectivity index is 1.17. The van der Waals surface area contributed by atoms with Crippen LogP contribution < -0.4 is 0 Å². The average molecular weight is 554 g/mol. The molecule has 9 heteroatoms. The van der Waals surface area contributed by atoms with Gasteiger partial charge in [0.15, 0.2) is 0 Å². The first kappa shape index (κ1) is 26.1. The normalized spacial score (nSPS) is 25.1. The summed E-state index contributed by atoms with van der Waals surface area (Å²) in [5.74, 6) is -1.21. The zero-order valence-corrected chi connectivity index (χ0v) is 22.5. The van der Waals surface area contributed by atoms with Crippen LogP contribution in [0.25, 0.3) is 22.0 Å². The molecule has 1 spiro atoms. The fraction of sp³-hybridized carbons (Fsp3) is 0.433. The van der Waals surface area contributed by atoms with Gasteiger partial charge in [-0.25, -0.2) is 8.78 Å². The zero-order chi connectivity index (χ0) is 27.3. The number of halogens is 3. The number of piperidine rings is 1. The number of pyridine rings is 1. The highest BCUT2D eigenvalue weighted by molar-refractivity contribution is 6.37. The summed E-state index contributed by atoms with van der Waals surface area (Å²) in [6, 6.07) is 9.93. The molecule has 3 fully saturated rings. The predicted octanol–water partition coefficient (Wildman–Crippen LogP) is 5.74. The van der Waals surface area contributed by atoms with Gasteiger partial charge in [0.25, 0.3) is 0 Å². The Morgan fingerprint density at radius 3 is 2.69 bits per heavy atom. The van der Waals surface area contributed by atoms with Crippen LogP contribution in [0.2, 0.25) is 5.02 Å². The summed E-state index contributed by atoms with van der Waals surface area (Å²) in [6.45, 7) is 2.63. The molecule has 2 amide bonds. The van der Waals surface area contributed by atoms with Gasteiger partial charge in [0.1, 0.15) is 18.2 Å². The SMILES string of the molecule is CCCC1CC1N1CC2(CCN(Cc3c(F)cc(-c4ccc5cccnc5c4Cl)cc3F)C(=O)C2)OCC1=O. The fourth-order valence-electron chi connectivity index (χ4n) is 6.14. The van der Waals surface area contributed by atoms with E-state index in [0.717, 1.165) is 24.6 Å². The first-order chi connectivity index (χ1) is 18.8. The van der Waals surface area contributed by atoms with Crippen LogP contribution in [0.1, 0.15) is 44.6 Å². The second-order valence-corrected chi connectivity index (χ2v) is 11.4. The van der Waals surface area contributed by atoms with Crippen molar-refractivity contribution in [2.45, 2.75) is 57.2 Å². The van der Waals surface area contributed by atoms with Gasteiger partial charge in [-0.15, -0.1) is 0 Å². The number of hydrogen-bond donors (Lipinski definition) is 0. The number of rotatable bonds is 6. The molecule has 1 aliphatic carbocycles. The fourth-order valence-corrected chi connectivity index (χ4v) is 6.47. The Kier molecular flexibility index (Phi) is 6.79. The van der Waals surface area contributed by atoms with E-state index in [4.69, 9.17) is 16.3 Å². The van der Waals surface area contributed by atoms with Crippen molar-refractivity contribution in [1.29, 1.82) is 0 Å². The van der Waals surface area contributed by atoms with Crippen molar-refractivity contribution in [2.24, 2.45) is 5.92 Å². The van der Waals surface area contributed by atoms with Crippen LogP contribution in [0.3, 0.4) is 0 Å². The number of benzene rings is 2. The number of fused-ring (bicyclic) bond motifs is 1. The summed E-state index contributed by atoms with van der Waals surface area (Å²) in [5.41, 5.74) is 0.440. The van der Waals surface area contributed by atoms with E-state index in [2.05, 4.69) is 11.9 Å². The molecule has 6 rings (SSSR count). The molecule has 1 saturated carbocycles. The summed E-state index contributed by atoms with van der Waals surface area (Å²) in [6.07, 6.45) is 5.39. The molecule has 3 aromatic rings. The number of carbonyl (C=O) groups excluding carboxylic acids is 2. The van der Waals surface area contributed by atoms with Crippen LogP contribution in [0.15, 0.2) is 42.6 Å². The van der Waals surface area contributed by atoms with Crippen molar-refractivity contribution in [1.82, 2.24) is 14.8 Å². The van der Waals surface area contributed by atoms with E-state index in [0.29, 0.717) is 47.1 Å². The number of likely N-dealkylation sites (tertiary alicyclic amines) is 1. The Labute approximate surface area is 230 Å². The van der Waals surface area contributed by atoms with Crippen LogP contribution >= 0.6 is 11.6 Å². The first-order valence-corrected chi connectivity index (χ1v) is 13.9. The maximum absolute atomic E-state index is 15.3. The molecule has 6 nitrogen and oxygen atoms in total. The zero-order valence-electron chi connectivity index (χ0n) is 21.8. The van der Waals surface area contributed by atoms with Crippen molar-refractivity contribution < 1.29 is 23.1 Å². The molecule has 3 heterocycles. The van der Waals surface area contributed by atoms with Crippen molar-refractivity contribution in [3.63, 3.8) is 0 Å². The van der Waals surface area contributed by atoms with Gasteiger partial charge in [-0.2, -0.15) is 0 Å². The van der Waals surface area contributed by atoms with Gasteiger partial charge < -0.3 is 14.5 Å². The summed E-state index contributed by atoms with van der Waals surface area (Å²) < 4.78 is 36.5. The van der Waals surface area contributed by atoms with E-state index in [9.17, 15) is 9.59 Å². The molecule has 204 valence electrons. The lowest BCUT2D eigenvalue weighted by Crippen LogP contribution is -2.60. The van der Waals surface area contributed by atoms with Crippen LogP contribution in [0, 0.1) is 17.6 Å². The topological polar surface area (TPSA) is 62.7 Å². The van der Waals surface area contributed by atoms with E-state index in [1.807, 2.05) is 17.0 Å². The number of morpholine rings is 1. The lowest BCUT2D eigenvalue weighted by Gasteiger charge is -2.46. The highest BCUT2D eigenvalue weighted by Crippen LogP contribution is 2.43. The largest absolute Gasteiger partial charge is 0.363 e. The Bertz CT molecular complexity index is 1440. The van der Waals surface area contributed by atoms with Gasteiger partial charge in [-0.05, 0) is 48.9 Å². The van der Waals surface area contributed by atoms with Crippen molar-refractivity contribution >= 4 is 34.3 Å². The molecule has 39 heavy (non-hydrogen) atoms. The molecular formula is C30H30ClF2N3O3. The third-order valence-electron chi connectivity index (χ3n) is 8.40. The molecule has 2 aromatic carbocycles. The van der Waals surface area contributed by atoms with Gasteiger partial charge in [-0.3, -0.25) is 14.6 Å². The minimum Gasteiger partial charge on any atom is -0.363 e. The number of aromatic nitrogens is 1. The molecular weight excluding hydrogens is 524 g/mol. The predicted molar refractivity (Wildman–Crippen MR) is 144 cm³/mol. The molecule has 2 aliphatic heterocycles. The number of ether oxygens (including phenoxy) is 1. The van der Waals surface area contributed by atoms with Crippen LogP contribution in [-0.2, 0) is 20.9 Å². The second kappa shape index (κ2) is 10.1. The summed E-state index contributed by atoms with van der Waals surface area (Å²) in [7, 11) is 0. The summed E-state index contributed by atoms with van der Waals surface area (Å²) >= 11 is 6.54. The Morgan fingerprint density at radius 1 is 1.15 bits per heavy atom. The molecule has 0 bridgehead atoms. The summed E-state index contributed by atoms with van der Waals surface area (Å²) in [4.78, 5) is 33.4. The number of carbonyl (C=O) groups is 2. The van der Waals surface area contributed by atoms with Crippen LogP contribution in [0.5, 0.6) is 0 Å². The van der Waals surface area contributed by atoms with Gasteiger partial charge >= 0.3 is 0 Å². The van der Waals surface area contributed by atoms with E-state index in [1.54, 1.807) is 18.3 Å². The van der Waals surface area contributed by atoms with Crippen molar-refractivity contribution in [3.8, 4) is 11.1 Å². The van der Waals surface area contributed by atoms with E-state index in [1.165, 1.54) is 17.0 Å². The quantitative estimate of drug-likeness (QED) is 0.390. The molecule has 1 aromatic heterocycles.